The van der Waals surface area contributed by atoms with Crippen LogP contribution in [-0.4, -0.2) is 38.4 Å². The van der Waals surface area contributed by atoms with Gasteiger partial charge in [0, 0.05) is 6.08 Å². The highest BCUT2D eigenvalue weighted by molar-refractivity contribution is 7.59. The monoisotopic (exact) mass is 340 g/mol. The fraction of sp³-hybridized carbons (Fsp3) is 0.667. The molecule has 0 fully saturated rings. The maximum atomic E-state index is 12.6. The molecule has 0 unspecified atom stereocenters. The SMILES string of the molecule is CCOOP(=O)(OOCC)/C(=C/C(=O)OCC)C(=O)OCC. The first-order valence-corrected chi connectivity index (χ1v) is 8.27. The van der Waals surface area contributed by atoms with Gasteiger partial charge in [0.1, 0.15) is 0 Å². The van der Waals surface area contributed by atoms with E-state index in [0.717, 1.165) is 0 Å². The molecule has 0 aliphatic carbocycles. The van der Waals surface area contributed by atoms with Gasteiger partial charge < -0.3 is 9.47 Å². The molecule has 0 radical (unpaired) electrons. The number of hydrogen-bond acceptors (Lipinski definition) is 9. The van der Waals surface area contributed by atoms with E-state index >= 15 is 0 Å². The molecule has 22 heavy (non-hydrogen) atoms. The Hall–Kier alpha value is -1.25. The van der Waals surface area contributed by atoms with Crippen LogP contribution < -0.4 is 0 Å². The molecule has 0 aromatic carbocycles. The van der Waals surface area contributed by atoms with Crippen molar-refractivity contribution in [1.82, 2.24) is 0 Å². The molecule has 0 bridgehead atoms. The van der Waals surface area contributed by atoms with E-state index in [2.05, 4.69) is 23.9 Å². The van der Waals surface area contributed by atoms with E-state index in [1.807, 2.05) is 0 Å². The predicted molar refractivity (Wildman–Crippen MR) is 74.4 cm³/mol. The zero-order valence-electron chi connectivity index (χ0n) is 13.0. The second-order valence-electron chi connectivity index (χ2n) is 3.46. The normalized spacial score (nSPS) is 12.1. The van der Waals surface area contributed by atoms with Gasteiger partial charge in [-0.25, -0.2) is 23.9 Å². The minimum absolute atomic E-state index is 0.0116. The molecular formula is C12H21O9P. The summed E-state index contributed by atoms with van der Waals surface area (Å²) < 4.78 is 31.3. The second kappa shape index (κ2) is 11.3. The molecule has 128 valence electrons. The van der Waals surface area contributed by atoms with Gasteiger partial charge in [-0.1, -0.05) is 0 Å². The van der Waals surface area contributed by atoms with Crippen LogP contribution in [0.15, 0.2) is 11.4 Å². The fourth-order valence-electron chi connectivity index (χ4n) is 1.09. The topological polar surface area (TPSA) is 107 Å². The standard InChI is InChI=1S/C12H21O9P/c1-5-16-11(13)9-10(12(14)17-6-2)22(15,20-18-7-3)21-19-8-4/h9H,5-8H2,1-4H3/b10-9+. The van der Waals surface area contributed by atoms with Gasteiger partial charge in [0.2, 0.25) is 0 Å². The van der Waals surface area contributed by atoms with E-state index in [1.165, 1.54) is 6.92 Å². The predicted octanol–water partition coefficient (Wildman–Crippen LogP) is 2.13. The molecule has 0 saturated heterocycles. The summed E-state index contributed by atoms with van der Waals surface area (Å²) in [6.45, 7) is 6.33. The smallest absolute Gasteiger partial charge is 0.422 e. The molecule has 0 saturated carbocycles. The van der Waals surface area contributed by atoms with E-state index in [-0.39, 0.29) is 26.4 Å². The third kappa shape index (κ3) is 7.15. The quantitative estimate of drug-likeness (QED) is 0.184. The largest absolute Gasteiger partial charge is 0.463 e. The van der Waals surface area contributed by atoms with Gasteiger partial charge in [-0.15, -0.1) is 9.35 Å². The molecule has 10 heteroatoms. The van der Waals surface area contributed by atoms with Crippen molar-refractivity contribution in [1.29, 1.82) is 0 Å². The summed E-state index contributed by atoms with van der Waals surface area (Å²) in [6.07, 6.45) is 0.667. The summed E-state index contributed by atoms with van der Waals surface area (Å²) in [5.41, 5.74) is 0. The number of ether oxygens (including phenoxy) is 2. The average molecular weight is 340 g/mol. The van der Waals surface area contributed by atoms with Crippen LogP contribution in [0.3, 0.4) is 0 Å². The average Bonchev–Trinajstić information content (AvgIpc) is 2.49. The minimum Gasteiger partial charge on any atom is -0.463 e. The molecule has 9 nitrogen and oxygen atoms in total. The van der Waals surface area contributed by atoms with Crippen molar-refractivity contribution in [2.75, 3.05) is 26.4 Å². The Balaban J connectivity index is 5.56. The highest BCUT2D eigenvalue weighted by atomic mass is 31.2. The molecule has 0 atom stereocenters. The summed E-state index contributed by atoms with van der Waals surface area (Å²) in [4.78, 5) is 32.6. The van der Waals surface area contributed by atoms with Gasteiger partial charge in [0.05, 0.1) is 26.4 Å². The van der Waals surface area contributed by atoms with Gasteiger partial charge in [-0.05, 0) is 27.7 Å². The zero-order chi connectivity index (χ0) is 17.0. The van der Waals surface area contributed by atoms with Gasteiger partial charge in [-0.2, -0.15) is 0 Å². The molecule has 0 N–H and O–H groups in total. The summed E-state index contributed by atoms with van der Waals surface area (Å²) in [6, 6.07) is 0. The lowest BCUT2D eigenvalue weighted by molar-refractivity contribution is -0.261. The Morgan fingerprint density at radius 1 is 0.864 bits per heavy atom. The number of rotatable bonds is 11. The molecule has 0 aliphatic heterocycles. The Bertz CT molecular complexity index is 420. The van der Waals surface area contributed by atoms with Crippen molar-refractivity contribution in [2.45, 2.75) is 27.7 Å². The van der Waals surface area contributed by atoms with E-state index < -0.39 is 24.8 Å². The summed E-state index contributed by atoms with van der Waals surface area (Å²) in [5.74, 6) is -1.98. The number of carbonyl (C=O) groups is 2. The molecular weight excluding hydrogens is 319 g/mol. The number of carbonyl (C=O) groups excluding carboxylic acids is 2. The summed E-state index contributed by atoms with van der Waals surface area (Å²) in [5, 5.41) is -0.685. The first kappa shape index (κ1) is 20.8. The Kier molecular flexibility index (Phi) is 10.7. The molecule has 0 rings (SSSR count). The van der Waals surface area contributed by atoms with Crippen molar-refractivity contribution in [2.24, 2.45) is 0 Å². The van der Waals surface area contributed by atoms with Crippen LogP contribution in [0.4, 0.5) is 0 Å². The Morgan fingerprint density at radius 3 is 1.77 bits per heavy atom. The molecule has 0 amide bonds. The third-order valence-corrected chi connectivity index (χ3v) is 3.36. The summed E-state index contributed by atoms with van der Waals surface area (Å²) in [7, 11) is -4.38. The molecule has 0 aromatic heterocycles. The van der Waals surface area contributed by atoms with E-state index in [1.54, 1.807) is 20.8 Å². The van der Waals surface area contributed by atoms with Crippen molar-refractivity contribution < 1.29 is 42.8 Å². The van der Waals surface area contributed by atoms with Crippen molar-refractivity contribution in [3.05, 3.63) is 11.4 Å². The van der Waals surface area contributed by atoms with Crippen LogP contribution in [0, 0.1) is 0 Å². The lowest BCUT2D eigenvalue weighted by Crippen LogP contribution is -2.14. The highest BCUT2D eigenvalue weighted by Crippen LogP contribution is 2.57. The van der Waals surface area contributed by atoms with E-state index in [9.17, 15) is 14.2 Å². The molecule has 0 heterocycles. The fourth-order valence-corrected chi connectivity index (χ4v) is 2.31. The minimum atomic E-state index is -4.38. The first-order valence-electron chi connectivity index (χ1n) is 6.73. The van der Waals surface area contributed by atoms with Crippen LogP contribution in [0.2, 0.25) is 0 Å². The van der Waals surface area contributed by atoms with Crippen LogP contribution in [0.1, 0.15) is 27.7 Å². The van der Waals surface area contributed by atoms with E-state index in [0.29, 0.717) is 6.08 Å². The van der Waals surface area contributed by atoms with Crippen molar-refractivity contribution >= 4 is 19.5 Å². The Morgan fingerprint density at radius 2 is 1.36 bits per heavy atom. The number of hydrogen-bond donors (Lipinski definition) is 0. The lowest BCUT2D eigenvalue weighted by Gasteiger charge is -2.17. The third-order valence-electron chi connectivity index (χ3n) is 1.86. The molecule has 0 aliphatic rings. The van der Waals surface area contributed by atoms with Crippen LogP contribution in [0.25, 0.3) is 0 Å². The van der Waals surface area contributed by atoms with Gasteiger partial charge in [-0.3, -0.25) is 0 Å². The second-order valence-corrected chi connectivity index (χ2v) is 5.24. The van der Waals surface area contributed by atoms with Crippen molar-refractivity contribution in [3.63, 3.8) is 0 Å². The summed E-state index contributed by atoms with van der Waals surface area (Å²) >= 11 is 0. The van der Waals surface area contributed by atoms with Gasteiger partial charge >= 0.3 is 19.5 Å². The Labute approximate surface area is 128 Å². The van der Waals surface area contributed by atoms with Gasteiger partial charge in [0.15, 0.2) is 5.31 Å². The highest BCUT2D eigenvalue weighted by Gasteiger charge is 2.40. The van der Waals surface area contributed by atoms with E-state index in [4.69, 9.17) is 4.74 Å². The first-order chi connectivity index (χ1) is 10.4. The zero-order valence-corrected chi connectivity index (χ0v) is 13.9. The van der Waals surface area contributed by atoms with Crippen LogP contribution >= 0.6 is 7.60 Å². The van der Waals surface area contributed by atoms with Crippen molar-refractivity contribution in [3.8, 4) is 0 Å². The maximum Gasteiger partial charge on any atom is 0.422 e. The molecule has 0 spiro atoms. The number of esters is 2. The maximum absolute atomic E-state index is 12.6. The molecule has 0 aromatic rings. The van der Waals surface area contributed by atoms with Crippen LogP contribution in [0.5, 0.6) is 0 Å². The lowest BCUT2D eigenvalue weighted by atomic mass is 10.5. The van der Waals surface area contributed by atoms with Gasteiger partial charge in [0.25, 0.3) is 0 Å². The van der Waals surface area contributed by atoms with Crippen LogP contribution in [-0.2, 0) is 42.8 Å².